The smallest absolute Gasteiger partial charge is 0.155 e. The Hall–Kier alpha value is -1.26. The number of aliphatic hydroxyl groups excluding tert-OH is 1. The summed E-state index contributed by atoms with van der Waals surface area (Å²) in [5.74, 6) is 5.65. The number of hydrogen-bond acceptors (Lipinski definition) is 4. The van der Waals surface area contributed by atoms with Gasteiger partial charge in [0.25, 0.3) is 0 Å². The summed E-state index contributed by atoms with van der Waals surface area (Å²) in [6.45, 7) is 14.0. The van der Waals surface area contributed by atoms with Crippen molar-refractivity contribution in [2.45, 2.75) is 150 Å². The first-order chi connectivity index (χ1) is 20.6. The van der Waals surface area contributed by atoms with Crippen molar-refractivity contribution in [3.63, 3.8) is 0 Å². The van der Waals surface area contributed by atoms with Gasteiger partial charge in [0.1, 0.15) is 0 Å². The third kappa shape index (κ3) is 4.34. The number of carbonyl (C=O) groups excluding carboxylic acids is 2. The van der Waals surface area contributed by atoms with Crippen molar-refractivity contribution >= 4 is 11.6 Å². The van der Waals surface area contributed by atoms with Gasteiger partial charge in [-0.25, -0.2) is 0 Å². The molecule has 8 aliphatic rings. The average molecular weight is 605 g/mol. The second-order valence-corrected chi connectivity index (χ2v) is 18.4. The van der Waals surface area contributed by atoms with E-state index in [2.05, 4.69) is 41.5 Å². The summed E-state index contributed by atoms with van der Waals surface area (Å²) in [6, 6.07) is 0. The van der Waals surface area contributed by atoms with Crippen LogP contribution in [0.1, 0.15) is 138 Å². The fraction of sp³-hybridized carbons (Fsp3) is 0.850. The molecular formula is C40H60O4. The van der Waals surface area contributed by atoms with E-state index in [0.717, 1.165) is 81.5 Å². The van der Waals surface area contributed by atoms with Crippen LogP contribution in [-0.4, -0.2) is 33.5 Å². The molecule has 6 fully saturated rings. The molecule has 0 saturated heterocycles. The molecule has 4 nitrogen and oxygen atoms in total. The first-order valence-electron chi connectivity index (χ1n) is 18.5. The van der Waals surface area contributed by atoms with Crippen LogP contribution in [0.5, 0.6) is 0 Å². The molecule has 244 valence electrons. The topological polar surface area (TPSA) is 74.6 Å². The van der Waals surface area contributed by atoms with Gasteiger partial charge in [0.05, 0.1) is 11.7 Å². The Morgan fingerprint density at radius 3 is 1.80 bits per heavy atom. The van der Waals surface area contributed by atoms with Gasteiger partial charge in [-0.2, -0.15) is 0 Å². The molecule has 0 radical (unpaired) electrons. The number of aliphatic hydroxyl groups is 2. The van der Waals surface area contributed by atoms with Crippen LogP contribution in [0.2, 0.25) is 0 Å². The van der Waals surface area contributed by atoms with Gasteiger partial charge in [0, 0.05) is 12.8 Å². The minimum Gasteiger partial charge on any atom is -0.393 e. The first kappa shape index (κ1) is 31.3. The Morgan fingerprint density at radius 2 is 1.18 bits per heavy atom. The summed E-state index contributed by atoms with van der Waals surface area (Å²) in [6.07, 6.45) is 20.1. The maximum atomic E-state index is 11.8. The highest BCUT2D eigenvalue weighted by molar-refractivity contribution is 5.92. The van der Waals surface area contributed by atoms with Crippen LogP contribution in [0.3, 0.4) is 0 Å². The summed E-state index contributed by atoms with van der Waals surface area (Å²) in [4.78, 5) is 23.7. The van der Waals surface area contributed by atoms with E-state index in [9.17, 15) is 19.8 Å². The Balaban J connectivity index is 0.000000142. The molecule has 8 rings (SSSR count). The van der Waals surface area contributed by atoms with E-state index in [1.807, 2.05) is 12.2 Å². The molecule has 0 aromatic rings. The highest BCUT2D eigenvalue weighted by atomic mass is 16.3. The molecule has 0 aliphatic heterocycles. The molecule has 0 aromatic carbocycles. The van der Waals surface area contributed by atoms with Crippen molar-refractivity contribution in [3.8, 4) is 0 Å². The lowest BCUT2D eigenvalue weighted by atomic mass is 9.46. The Morgan fingerprint density at radius 1 is 0.659 bits per heavy atom. The standard InChI is InChI=1S/2C20H30O2/c1-18-9-6-14(21)12-13(18)4-5-15-16(18)7-10-19(2)17(15)8-11-20(19,3)22;1-12-10-17(22)20(3)9-7-16-15(18(12)20)5-4-13-11-14(21)6-8-19(13,16)2/h12,15-17,22H,4-11H2,1-3H3;11-12,15-18,22H,4-10H2,1-3H3/t15-,16+,17+,18+,19+,20+;12?,15-,16+,17+,18+,19+,20-/m11/s1. The van der Waals surface area contributed by atoms with Crippen LogP contribution in [-0.2, 0) is 9.59 Å². The summed E-state index contributed by atoms with van der Waals surface area (Å²) < 4.78 is 0. The van der Waals surface area contributed by atoms with Gasteiger partial charge in [-0.05, 0) is 166 Å². The number of carbonyl (C=O) groups is 2. The van der Waals surface area contributed by atoms with E-state index in [-0.39, 0.29) is 27.8 Å². The molecule has 0 heterocycles. The lowest BCUT2D eigenvalue weighted by molar-refractivity contribution is -0.124. The van der Waals surface area contributed by atoms with E-state index in [4.69, 9.17) is 0 Å². The lowest BCUT2D eigenvalue weighted by Crippen LogP contribution is -2.53. The van der Waals surface area contributed by atoms with Crippen molar-refractivity contribution in [2.24, 2.45) is 63.1 Å². The molecule has 0 spiro atoms. The average Bonchev–Trinajstić information content (AvgIpc) is 3.36. The largest absolute Gasteiger partial charge is 0.393 e. The van der Waals surface area contributed by atoms with Gasteiger partial charge in [-0.15, -0.1) is 0 Å². The Bertz CT molecular complexity index is 1280. The zero-order valence-electron chi connectivity index (χ0n) is 28.6. The third-order valence-corrected chi connectivity index (χ3v) is 16.8. The van der Waals surface area contributed by atoms with E-state index in [0.29, 0.717) is 29.3 Å². The van der Waals surface area contributed by atoms with Gasteiger partial charge >= 0.3 is 0 Å². The zero-order valence-corrected chi connectivity index (χ0v) is 28.6. The lowest BCUT2D eigenvalue weighted by Gasteiger charge is -2.58. The van der Waals surface area contributed by atoms with Gasteiger partial charge in [0.15, 0.2) is 11.6 Å². The molecule has 2 N–H and O–H groups in total. The molecule has 0 aromatic heterocycles. The maximum absolute atomic E-state index is 11.8. The highest BCUT2D eigenvalue weighted by Crippen LogP contribution is 2.68. The second kappa shape index (κ2) is 10.4. The summed E-state index contributed by atoms with van der Waals surface area (Å²) in [5.41, 5.74) is 3.16. The fourth-order valence-corrected chi connectivity index (χ4v) is 13.9. The fourth-order valence-electron chi connectivity index (χ4n) is 13.9. The molecule has 13 atom stereocenters. The molecule has 8 aliphatic carbocycles. The molecule has 44 heavy (non-hydrogen) atoms. The van der Waals surface area contributed by atoms with Crippen molar-refractivity contribution in [2.75, 3.05) is 0 Å². The number of ketones is 2. The van der Waals surface area contributed by atoms with Crippen LogP contribution in [0.25, 0.3) is 0 Å². The number of allylic oxidation sites excluding steroid dienone is 2. The minimum atomic E-state index is -0.484. The Labute approximate surface area is 266 Å². The maximum Gasteiger partial charge on any atom is 0.155 e. The highest BCUT2D eigenvalue weighted by Gasteiger charge is 2.63. The van der Waals surface area contributed by atoms with Crippen LogP contribution < -0.4 is 0 Å². The summed E-state index contributed by atoms with van der Waals surface area (Å²) >= 11 is 0. The second-order valence-electron chi connectivity index (χ2n) is 18.4. The van der Waals surface area contributed by atoms with E-state index in [1.54, 1.807) is 0 Å². The quantitative estimate of drug-likeness (QED) is 0.291. The van der Waals surface area contributed by atoms with Gasteiger partial charge in [0.2, 0.25) is 0 Å². The Kier molecular flexibility index (Phi) is 7.39. The van der Waals surface area contributed by atoms with Crippen LogP contribution in [0.15, 0.2) is 23.3 Å². The molecule has 0 bridgehead atoms. The predicted molar refractivity (Wildman–Crippen MR) is 175 cm³/mol. The third-order valence-electron chi connectivity index (χ3n) is 16.8. The van der Waals surface area contributed by atoms with E-state index in [1.165, 1.54) is 49.7 Å². The van der Waals surface area contributed by atoms with Crippen LogP contribution in [0, 0.1) is 63.1 Å². The normalized spacial score (nSPS) is 54.3. The van der Waals surface area contributed by atoms with Gasteiger partial charge in [-0.3, -0.25) is 9.59 Å². The number of fused-ring (bicyclic) bond motifs is 10. The summed E-state index contributed by atoms with van der Waals surface area (Å²) in [5, 5.41) is 21.5. The number of hydrogen-bond donors (Lipinski definition) is 2. The monoisotopic (exact) mass is 604 g/mol. The summed E-state index contributed by atoms with van der Waals surface area (Å²) in [7, 11) is 0. The van der Waals surface area contributed by atoms with Crippen molar-refractivity contribution in [1.82, 2.24) is 0 Å². The van der Waals surface area contributed by atoms with Gasteiger partial charge in [-0.1, -0.05) is 45.8 Å². The molecule has 4 heteroatoms. The minimum absolute atomic E-state index is 0.105. The van der Waals surface area contributed by atoms with E-state index < -0.39 is 5.60 Å². The molecular weight excluding hydrogens is 544 g/mol. The van der Waals surface area contributed by atoms with Crippen molar-refractivity contribution < 1.29 is 19.8 Å². The SMILES string of the molecule is CC1C[C@H](O)[C@@]2(C)CC[C@H]3[C@@H](CCC4=CC(=O)CC[C@@]43C)[C@H]12.C[C@]12CCC(=O)C=C1CC[C@@H]1[C@@H]2CC[C@@]2(C)[C@H]1CC[C@]2(C)O. The molecule has 0 amide bonds. The first-order valence-corrected chi connectivity index (χ1v) is 18.5. The molecule has 6 saturated carbocycles. The zero-order chi connectivity index (χ0) is 31.4. The number of rotatable bonds is 0. The van der Waals surface area contributed by atoms with Crippen LogP contribution >= 0.6 is 0 Å². The van der Waals surface area contributed by atoms with Crippen molar-refractivity contribution in [1.29, 1.82) is 0 Å². The van der Waals surface area contributed by atoms with E-state index >= 15 is 0 Å². The van der Waals surface area contributed by atoms with Crippen molar-refractivity contribution in [3.05, 3.63) is 23.3 Å². The van der Waals surface area contributed by atoms with Gasteiger partial charge < -0.3 is 10.2 Å². The van der Waals surface area contributed by atoms with Crippen LogP contribution in [0.4, 0.5) is 0 Å². The predicted octanol–water partition coefficient (Wildman–Crippen LogP) is 8.39. The molecule has 1 unspecified atom stereocenters.